The Morgan fingerprint density at radius 1 is 1.25 bits per heavy atom. The van der Waals surface area contributed by atoms with E-state index in [1.54, 1.807) is 0 Å². The summed E-state index contributed by atoms with van der Waals surface area (Å²) in [6.45, 7) is 7.15. The first-order valence-electron chi connectivity index (χ1n) is 6.72. The van der Waals surface area contributed by atoms with Gasteiger partial charge in [-0.25, -0.2) is 18.4 Å². The number of rotatable bonds is 7. The van der Waals surface area contributed by atoms with Crippen LogP contribution in [0.2, 0.25) is 0 Å². The molecule has 1 aromatic rings. The van der Waals surface area contributed by atoms with Crippen LogP contribution >= 0.6 is 0 Å². The van der Waals surface area contributed by atoms with Crippen LogP contribution < -0.4 is 10.2 Å². The van der Waals surface area contributed by atoms with Crippen molar-refractivity contribution in [3.05, 3.63) is 11.4 Å². The van der Waals surface area contributed by atoms with E-state index in [-0.39, 0.29) is 5.75 Å². The summed E-state index contributed by atoms with van der Waals surface area (Å²) < 4.78 is 22.5. The SMILES string of the molecule is CCCNc1nc(C)nc(N(C)CCS(C)(=O)=O)c1C. The Balaban J connectivity index is 2.96. The Morgan fingerprint density at radius 3 is 2.45 bits per heavy atom. The molecule has 0 aliphatic heterocycles. The molecule has 1 aromatic heterocycles. The van der Waals surface area contributed by atoms with Crippen LogP contribution in [-0.4, -0.2) is 50.5 Å². The Kier molecular flexibility index (Phi) is 5.74. The van der Waals surface area contributed by atoms with Crippen LogP contribution in [0.3, 0.4) is 0 Å². The second-order valence-electron chi connectivity index (χ2n) is 5.05. The lowest BCUT2D eigenvalue weighted by Gasteiger charge is -2.21. The number of aryl methyl sites for hydroxylation is 1. The molecule has 0 spiro atoms. The highest BCUT2D eigenvalue weighted by Gasteiger charge is 2.14. The van der Waals surface area contributed by atoms with Gasteiger partial charge >= 0.3 is 0 Å². The van der Waals surface area contributed by atoms with Gasteiger partial charge in [0.25, 0.3) is 0 Å². The molecule has 114 valence electrons. The molecule has 0 aliphatic carbocycles. The van der Waals surface area contributed by atoms with Gasteiger partial charge in [0.1, 0.15) is 27.3 Å². The van der Waals surface area contributed by atoms with E-state index < -0.39 is 9.84 Å². The Bertz CT molecular complexity index is 558. The maximum atomic E-state index is 11.3. The standard InChI is InChI=1S/C13H24N4O2S/c1-6-7-14-12-10(2)13(16-11(3)15-12)17(4)8-9-20(5,18)19/h6-9H2,1-5H3,(H,14,15,16). The Morgan fingerprint density at radius 2 is 1.90 bits per heavy atom. The normalized spacial score (nSPS) is 11.4. The predicted octanol–water partition coefficient (Wildman–Crippen LogP) is 1.40. The maximum absolute atomic E-state index is 11.3. The van der Waals surface area contributed by atoms with E-state index in [4.69, 9.17) is 0 Å². The van der Waals surface area contributed by atoms with E-state index in [1.165, 1.54) is 6.26 Å². The Labute approximate surface area is 121 Å². The molecule has 0 bridgehead atoms. The van der Waals surface area contributed by atoms with E-state index >= 15 is 0 Å². The fourth-order valence-electron chi connectivity index (χ4n) is 1.81. The summed E-state index contributed by atoms with van der Waals surface area (Å²) in [6.07, 6.45) is 2.26. The number of hydrogen-bond acceptors (Lipinski definition) is 6. The second kappa shape index (κ2) is 6.88. The zero-order valence-electron chi connectivity index (χ0n) is 12.9. The summed E-state index contributed by atoms with van der Waals surface area (Å²) in [5.41, 5.74) is 0.944. The minimum atomic E-state index is -2.98. The van der Waals surface area contributed by atoms with Crippen molar-refractivity contribution >= 4 is 21.5 Å². The molecule has 1 heterocycles. The molecule has 0 aliphatic rings. The lowest BCUT2D eigenvalue weighted by atomic mass is 10.2. The minimum Gasteiger partial charge on any atom is -0.370 e. The Hall–Kier alpha value is -1.37. The largest absolute Gasteiger partial charge is 0.370 e. The van der Waals surface area contributed by atoms with Crippen molar-refractivity contribution in [2.24, 2.45) is 0 Å². The monoisotopic (exact) mass is 300 g/mol. The third-order valence-corrected chi connectivity index (χ3v) is 3.86. The fraction of sp³-hybridized carbons (Fsp3) is 0.692. The minimum absolute atomic E-state index is 0.115. The van der Waals surface area contributed by atoms with Crippen LogP contribution in [0.15, 0.2) is 0 Å². The molecule has 1 N–H and O–H groups in total. The van der Waals surface area contributed by atoms with Gasteiger partial charge in [0.15, 0.2) is 0 Å². The van der Waals surface area contributed by atoms with Crippen LogP contribution in [0.4, 0.5) is 11.6 Å². The van der Waals surface area contributed by atoms with Gasteiger partial charge in [0, 0.05) is 32.0 Å². The number of aromatic nitrogens is 2. The van der Waals surface area contributed by atoms with E-state index in [2.05, 4.69) is 22.2 Å². The molecule has 0 aromatic carbocycles. The molecule has 0 radical (unpaired) electrons. The zero-order valence-corrected chi connectivity index (χ0v) is 13.7. The van der Waals surface area contributed by atoms with E-state index in [0.29, 0.717) is 12.4 Å². The van der Waals surface area contributed by atoms with Crippen molar-refractivity contribution < 1.29 is 8.42 Å². The third kappa shape index (κ3) is 4.96. The lowest BCUT2D eigenvalue weighted by molar-refractivity contribution is 0.601. The molecule has 0 atom stereocenters. The summed E-state index contributed by atoms with van der Waals surface area (Å²) >= 11 is 0. The first kappa shape index (κ1) is 16.7. The van der Waals surface area contributed by atoms with Gasteiger partial charge in [-0.3, -0.25) is 0 Å². The highest BCUT2D eigenvalue weighted by molar-refractivity contribution is 7.90. The molecular weight excluding hydrogens is 276 g/mol. The summed E-state index contributed by atoms with van der Waals surface area (Å²) in [4.78, 5) is 10.7. The van der Waals surface area contributed by atoms with Gasteiger partial charge in [-0.1, -0.05) is 6.92 Å². The zero-order chi connectivity index (χ0) is 15.3. The van der Waals surface area contributed by atoms with Crippen molar-refractivity contribution in [3.63, 3.8) is 0 Å². The molecule has 0 fully saturated rings. The van der Waals surface area contributed by atoms with Gasteiger partial charge in [-0.2, -0.15) is 0 Å². The van der Waals surface area contributed by atoms with Crippen LogP contribution in [0.25, 0.3) is 0 Å². The molecule has 6 nitrogen and oxygen atoms in total. The van der Waals surface area contributed by atoms with Crippen molar-refractivity contribution in [1.29, 1.82) is 0 Å². The number of sulfone groups is 1. The van der Waals surface area contributed by atoms with Crippen molar-refractivity contribution in [2.75, 3.05) is 42.4 Å². The predicted molar refractivity (Wildman–Crippen MR) is 83.3 cm³/mol. The fourth-order valence-corrected chi connectivity index (χ4v) is 2.41. The van der Waals surface area contributed by atoms with Crippen molar-refractivity contribution in [2.45, 2.75) is 27.2 Å². The van der Waals surface area contributed by atoms with Crippen molar-refractivity contribution in [3.8, 4) is 0 Å². The first-order valence-corrected chi connectivity index (χ1v) is 8.78. The highest BCUT2D eigenvalue weighted by atomic mass is 32.2. The molecule has 20 heavy (non-hydrogen) atoms. The summed E-state index contributed by atoms with van der Waals surface area (Å²) in [5, 5.41) is 3.28. The van der Waals surface area contributed by atoms with Gasteiger partial charge in [-0.05, 0) is 20.3 Å². The third-order valence-electron chi connectivity index (χ3n) is 2.93. The molecular formula is C13H24N4O2S. The van der Waals surface area contributed by atoms with Crippen LogP contribution in [0.5, 0.6) is 0 Å². The van der Waals surface area contributed by atoms with Crippen LogP contribution in [0, 0.1) is 13.8 Å². The van der Waals surface area contributed by atoms with Crippen LogP contribution in [-0.2, 0) is 9.84 Å². The van der Waals surface area contributed by atoms with Gasteiger partial charge < -0.3 is 10.2 Å². The highest BCUT2D eigenvalue weighted by Crippen LogP contribution is 2.22. The summed E-state index contributed by atoms with van der Waals surface area (Å²) in [6, 6.07) is 0. The number of nitrogens with one attached hydrogen (secondary N) is 1. The number of hydrogen-bond donors (Lipinski definition) is 1. The first-order chi connectivity index (χ1) is 9.24. The van der Waals surface area contributed by atoms with E-state index in [0.717, 1.165) is 30.2 Å². The smallest absolute Gasteiger partial charge is 0.149 e. The molecule has 0 amide bonds. The molecule has 7 heteroatoms. The summed E-state index contributed by atoms with van der Waals surface area (Å²) in [5.74, 6) is 2.39. The van der Waals surface area contributed by atoms with Gasteiger partial charge in [0.2, 0.25) is 0 Å². The summed E-state index contributed by atoms with van der Waals surface area (Å²) in [7, 11) is -1.12. The molecule has 1 rings (SSSR count). The molecule has 0 saturated heterocycles. The topological polar surface area (TPSA) is 75.2 Å². The number of nitrogens with zero attached hydrogens (tertiary/aromatic N) is 3. The maximum Gasteiger partial charge on any atom is 0.149 e. The van der Waals surface area contributed by atoms with Gasteiger partial charge in [-0.15, -0.1) is 0 Å². The van der Waals surface area contributed by atoms with E-state index in [9.17, 15) is 8.42 Å². The van der Waals surface area contributed by atoms with Gasteiger partial charge in [0.05, 0.1) is 5.75 Å². The molecule has 0 unspecified atom stereocenters. The molecule has 0 saturated carbocycles. The van der Waals surface area contributed by atoms with E-state index in [1.807, 2.05) is 25.8 Å². The average molecular weight is 300 g/mol. The lowest BCUT2D eigenvalue weighted by Crippen LogP contribution is -2.27. The number of anilines is 2. The second-order valence-corrected chi connectivity index (χ2v) is 7.31. The van der Waals surface area contributed by atoms with Crippen molar-refractivity contribution in [1.82, 2.24) is 9.97 Å². The van der Waals surface area contributed by atoms with Crippen LogP contribution in [0.1, 0.15) is 24.7 Å². The quantitative estimate of drug-likeness (QED) is 0.820. The average Bonchev–Trinajstić information content (AvgIpc) is 2.35.